The van der Waals surface area contributed by atoms with Crippen molar-refractivity contribution in [1.82, 2.24) is 5.32 Å². The second-order valence-corrected chi connectivity index (χ2v) is 3.48. The van der Waals surface area contributed by atoms with Crippen LogP contribution in [0.5, 0.6) is 0 Å². The van der Waals surface area contributed by atoms with Crippen LogP contribution in [0, 0.1) is 0 Å². The SMILES string of the molecule is C=CC(=O)OC(=O)[C@H](Cc1ccccc1)NC. The Morgan fingerprint density at radius 3 is 2.59 bits per heavy atom. The third-order valence-corrected chi connectivity index (χ3v) is 2.28. The van der Waals surface area contributed by atoms with Crippen LogP contribution in [-0.4, -0.2) is 25.0 Å². The Morgan fingerprint density at radius 1 is 1.41 bits per heavy atom. The van der Waals surface area contributed by atoms with Gasteiger partial charge in [0.1, 0.15) is 6.04 Å². The van der Waals surface area contributed by atoms with E-state index >= 15 is 0 Å². The van der Waals surface area contributed by atoms with E-state index in [2.05, 4.69) is 16.6 Å². The maximum absolute atomic E-state index is 11.6. The largest absolute Gasteiger partial charge is 0.389 e. The first-order chi connectivity index (χ1) is 8.17. The van der Waals surface area contributed by atoms with Crippen LogP contribution in [0.2, 0.25) is 0 Å². The summed E-state index contributed by atoms with van der Waals surface area (Å²) >= 11 is 0. The fraction of sp³-hybridized carbons (Fsp3) is 0.231. The molecule has 0 bridgehead atoms. The van der Waals surface area contributed by atoms with Crippen LogP contribution in [-0.2, 0) is 20.7 Å². The fourth-order valence-electron chi connectivity index (χ4n) is 1.36. The van der Waals surface area contributed by atoms with E-state index in [-0.39, 0.29) is 0 Å². The molecule has 0 fully saturated rings. The maximum atomic E-state index is 11.6. The van der Waals surface area contributed by atoms with Crippen LogP contribution in [0.25, 0.3) is 0 Å². The molecule has 4 nitrogen and oxygen atoms in total. The standard InChI is InChI=1S/C13H15NO3/c1-3-12(15)17-13(16)11(14-2)9-10-7-5-4-6-8-10/h3-8,11,14H,1,9H2,2H3/t11-/m0/s1. The normalized spacial score (nSPS) is 11.6. The molecule has 1 aromatic rings. The minimum Gasteiger partial charge on any atom is -0.389 e. The van der Waals surface area contributed by atoms with Crippen LogP contribution in [0.15, 0.2) is 43.0 Å². The topological polar surface area (TPSA) is 55.4 Å². The number of hydrogen-bond acceptors (Lipinski definition) is 4. The second kappa shape index (κ2) is 6.60. The minimum atomic E-state index is -0.733. The summed E-state index contributed by atoms with van der Waals surface area (Å²) in [5.74, 6) is -1.33. The van der Waals surface area contributed by atoms with Gasteiger partial charge in [0.15, 0.2) is 0 Å². The number of carbonyl (C=O) groups is 2. The molecule has 0 amide bonds. The van der Waals surface area contributed by atoms with E-state index in [0.717, 1.165) is 11.6 Å². The van der Waals surface area contributed by atoms with E-state index in [4.69, 9.17) is 0 Å². The van der Waals surface area contributed by atoms with E-state index in [1.54, 1.807) is 7.05 Å². The van der Waals surface area contributed by atoms with Gasteiger partial charge in [-0.2, -0.15) is 0 Å². The van der Waals surface area contributed by atoms with Crippen molar-refractivity contribution in [2.24, 2.45) is 0 Å². The number of carbonyl (C=O) groups excluding carboxylic acids is 2. The van der Waals surface area contributed by atoms with E-state index < -0.39 is 18.0 Å². The third kappa shape index (κ3) is 4.20. The molecule has 1 atom stereocenters. The highest BCUT2D eigenvalue weighted by atomic mass is 16.6. The van der Waals surface area contributed by atoms with Crippen LogP contribution in [0.1, 0.15) is 5.56 Å². The predicted octanol–water partition coefficient (Wildman–Crippen LogP) is 1.07. The molecule has 1 aromatic carbocycles. The zero-order valence-corrected chi connectivity index (χ0v) is 9.68. The highest BCUT2D eigenvalue weighted by Crippen LogP contribution is 2.04. The molecule has 17 heavy (non-hydrogen) atoms. The lowest BCUT2D eigenvalue weighted by molar-refractivity contribution is -0.157. The Bertz CT molecular complexity index is 400. The van der Waals surface area contributed by atoms with E-state index in [1.807, 2.05) is 30.3 Å². The molecule has 90 valence electrons. The fourth-order valence-corrected chi connectivity index (χ4v) is 1.36. The van der Waals surface area contributed by atoms with Gasteiger partial charge >= 0.3 is 11.9 Å². The summed E-state index contributed by atoms with van der Waals surface area (Å²) in [5.41, 5.74) is 0.995. The Labute approximate surface area is 100 Å². The quantitative estimate of drug-likeness (QED) is 0.469. The first kappa shape index (κ1) is 13.1. The van der Waals surface area contributed by atoms with Gasteiger partial charge in [0.05, 0.1) is 0 Å². The van der Waals surface area contributed by atoms with Crippen LogP contribution in [0.4, 0.5) is 0 Å². The molecule has 0 radical (unpaired) electrons. The number of hydrogen-bond donors (Lipinski definition) is 1. The van der Waals surface area contributed by atoms with Crippen molar-refractivity contribution in [3.63, 3.8) is 0 Å². The molecule has 0 saturated heterocycles. The predicted molar refractivity (Wildman–Crippen MR) is 64.3 cm³/mol. The summed E-state index contributed by atoms with van der Waals surface area (Å²) < 4.78 is 4.57. The average Bonchev–Trinajstić information content (AvgIpc) is 2.36. The van der Waals surface area contributed by atoms with Crippen LogP contribution >= 0.6 is 0 Å². The monoisotopic (exact) mass is 233 g/mol. The molecule has 0 aliphatic carbocycles. The van der Waals surface area contributed by atoms with Gasteiger partial charge < -0.3 is 10.1 Å². The number of ether oxygens (including phenoxy) is 1. The van der Waals surface area contributed by atoms with Gasteiger partial charge in [-0.3, -0.25) is 0 Å². The molecule has 0 aromatic heterocycles. The molecule has 0 aliphatic rings. The summed E-state index contributed by atoms with van der Waals surface area (Å²) in [6.07, 6.45) is 1.44. The van der Waals surface area contributed by atoms with Gasteiger partial charge in [0, 0.05) is 6.08 Å². The summed E-state index contributed by atoms with van der Waals surface area (Å²) in [6.45, 7) is 3.24. The van der Waals surface area contributed by atoms with Crippen molar-refractivity contribution in [3.05, 3.63) is 48.6 Å². The van der Waals surface area contributed by atoms with Crippen molar-refractivity contribution in [3.8, 4) is 0 Å². The lowest BCUT2D eigenvalue weighted by atomic mass is 10.1. The smallest absolute Gasteiger partial charge is 0.337 e. The van der Waals surface area contributed by atoms with Crippen molar-refractivity contribution < 1.29 is 14.3 Å². The number of rotatable bonds is 5. The maximum Gasteiger partial charge on any atom is 0.337 e. The molecule has 0 unspecified atom stereocenters. The number of esters is 2. The number of likely N-dealkylation sites (N-methyl/N-ethyl adjacent to an activating group) is 1. The highest BCUT2D eigenvalue weighted by Gasteiger charge is 2.20. The van der Waals surface area contributed by atoms with Gasteiger partial charge in [-0.05, 0) is 19.0 Å². The van der Waals surface area contributed by atoms with Crippen molar-refractivity contribution in [2.45, 2.75) is 12.5 Å². The summed E-state index contributed by atoms with van der Waals surface area (Å²) in [6, 6.07) is 8.96. The lowest BCUT2D eigenvalue weighted by Crippen LogP contribution is -2.38. The molecule has 0 aliphatic heterocycles. The molecular weight excluding hydrogens is 218 g/mol. The Balaban J connectivity index is 2.62. The number of nitrogens with one attached hydrogen (secondary N) is 1. The molecule has 0 saturated carbocycles. The van der Waals surface area contributed by atoms with Crippen LogP contribution in [0.3, 0.4) is 0 Å². The summed E-state index contributed by atoms with van der Waals surface area (Å²) in [7, 11) is 1.65. The third-order valence-electron chi connectivity index (χ3n) is 2.28. The zero-order valence-electron chi connectivity index (χ0n) is 9.68. The summed E-state index contributed by atoms with van der Waals surface area (Å²) in [4.78, 5) is 22.5. The molecule has 0 spiro atoms. The van der Waals surface area contributed by atoms with Gasteiger partial charge in [0.2, 0.25) is 0 Å². The van der Waals surface area contributed by atoms with Crippen molar-refractivity contribution in [2.75, 3.05) is 7.05 Å². The van der Waals surface area contributed by atoms with Gasteiger partial charge in [-0.15, -0.1) is 0 Å². The average molecular weight is 233 g/mol. The van der Waals surface area contributed by atoms with Crippen molar-refractivity contribution in [1.29, 1.82) is 0 Å². The van der Waals surface area contributed by atoms with E-state index in [1.165, 1.54) is 0 Å². The zero-order chi connectivity index (χ0) is 12.7. The van der Waals surface area contributed by atoms with Crippen molar-refractivity contribution >= 4 is 11.9 Å². The first-order valence-corrected chi connectivity index (χ1v) is 5.26. The Kier molecular flexibility index (Phi) is 5.10. The molecule has 0 heterocycles. The second-order valence-electron chi connectivity index (χ2n) is 3.48. The Hall–Kier alpha value is -1.94. The van der Waals surface area contributed by atoms with E-state index in [0.29, 0.717) is 6.42 Å². The number of benzene rings is 1. The lowest BCUT2D eigenvalue weighted by Gasteiger charge is -2.13. The van der Waals surface area contributed by atoms with Gasteiger partial charge in [-0.25, -0.2) is 9.59 Å². The molecule has 1 N–H and O–H groups in total. The highest BCUT2D eigenvalue weighted by molar-refractivity contribution is 5.93. The van der Waals surface area contributed by atoms with Gasteiger partial charge in [0.25, 0.3) is 0 Å². The van der Waals surface area contributed by atoms with Gasteiger partial charge in [-0.1, -0.05) is 36.9 Å². The minimum absolute atomic E-state index is 0.473. The summed E-state index contributed by atoms with van der Waals surface area (Å²) in [5, 5.41) is 2.82. The molecular formula is C13H15NO3. The Morgan fingerprint density at radius 2 is 2.06 bits per heavy atom. The molecule has 4 heteroatoms. The molecule has 1 rings (SSSR count). The van der Waals surface area contributed by atoms with E-state index in [9.17, 15) is 9.59 Å². The first-order valence-electron chi connectivity index (χ1n) is 5.26. The van der Waals surface area contributed by atoms with Crippen LogP contribution < -0.4 is 5.32 Å².